The molecular weight excluding hydrogens is 179 g/mol. The highest BCUT2D eigenvalue weighted by Gasteiger charge is 2.21. The largest absolute Gasteiger partial charge is 0.389 e. The second-order valence-electron chi connectivity index (χ2n) is 4.08. The third kappa shape index (κ3) is 1.67. The maximum atomic E-state index is 13.2. The number of benzene rings is 1. The molecule has 1 aromatic carbocycles. The highest BCUT2D eigenvalue weighted by molar-refractivity contribution is 5.30. The van der Waals surface area contributed by atoms with E-state index < -0.39 is 6.10 Å². The van der Waals surface area contributed by atoms with E-state index in [1.165, 1.54) is 30.9 Å². The molecule has 14 heavy (non-hydrogen) atoms. The van der Waals surface area contributed by atoms with Gasteiger partial charge in [0, 0.05) is 5.56 Å². The molecule has 0 aliphatic heterocycles. The predicted octanol–water partition coefficient (Wildman–Crippen LogP) is 3.15. The molecule has 76 valence electrons. The lowest BCUT2D eigenvalue weighted by Gasteiger charge is -2.26. The highest BCUT2D eigenvalue weighted by atomic mass is 19.1. The quantitative estimate of drug-likeness (QED) is 0.766. The molecule has 1 saturated carbocycles. The first-order valence-electron chi connectivity index (χ1n) is 5.16. The topological polar surface area (TPSA) is 20.2 Å². The van der Waals surface area contributed by atoms with Gasteiger partial charge in [0.1, 0.15) is 5.82 Å². The Kier molecular flexibility index (Phi) is 2.55. The molecule has 1 aliphatic carbocycles. The summed E-state index contributed by atoms with van der Waals surface area (Å²) in [6, 6.07) is 5.12. The van der Waals surface area contributed by atoms with Crippen molar-refractivity contribution in [3.8, 4) is 0 Å². The number of rotatable bonds is 2. The van der Waals surface area contributed by atoms with E-state index in [1.54, 1.807) is 6.92 Å². The lowest BCUT2D eigenvalue weighted by atomic mass is 9.79. The van der Waals surface area contributed by atoms with Gasteiger partial charge in [0.2, 0.25) is 0 Å². The standard InChI is InChI=1S/C12H15FO/c1-8(14)11-7-10(5-6-12(11)13)9-3-2-4-9/h5-9,14H,2-4H2,1H3. The molecule has 2 rings (SSSR count). The van der Waals surface area contributed by atoms with E-state index in [2.05, 4.69) is 0 Å². The monoisotopic (exact) mass is 194 g/mol. The van der Waals surface area contributed by atoms with E-state index in [0.717, 1.165) is 0 Å². The zero-order valence-electron chi connectivity index (χ0n) is 8.33. The van der Waals surface area contributed by atoms with Crippen molar-refractivity contribution in [2.75, 3.05) is 0 Å². The first-order valence-corrected chi connectivity index (χ1v) is 5.16. The van der Waals surface area contributed by atoms with Crippen LogP contribution in [-0.4, -0.2) is 5.11 Å². The summed E-state index contributed by atoms with van der Waals surface area (Å²) in [5.74, 6) is 0.288. The summed E-state index contributed by atoms with van der Waals surface area (Å²) in [6.45, 7) is 1.60. The summed E-state index contributed by atoms with van der Waals surface area (Å²) in [4.78, 5) is 0. The normalized spacial score (nSPS) is 19.1. The summed E-state index contributed by atoms with van der Waals surface area (Å²) in [5.41, 5.74) is 1.60. The Morgan fingerprint density at radius 1 is 1.43 bits per heavy atom. The summed E-state index contributed by atoms with van der Waals surface area (Å²) in [6.07, 6.45) is 2.96. The van der Waals surface area contributed by atoms with Gasteiger partial charge in [-0.05, 0) is 37.3 Å². The molecule has 1 N–H and O–H groups in total. The van der Waals surface area contributed by atoms with Crippen LogP contribution in [-0.2, 0) is 0 Å². The van der Waals surface area contributed by atoms with Gasteiger partial charge in [0.15, 0.2) is 0 Å². The van der Waals surface area contributed by atoms with Gasteiger partial charge in [0.25, 0.3) is 0 Å². The van der Waals surface area contributed by atoms with Crippen LogP contribution >= 0.6 is 0 Å². The van der Waals surface area contributed by atoms with Crippen molar-refractivity contribution in [2.24, 2.45) is 0 Å². The predicted molar refractivity (Wildman–Crippen MR) is 53.6 cm³/mol. The smallest absolute Gasteiger partial charge is 0.129 e. The fourth-order valence-corrected chi connectivity index (χ4v) is 1.88. The van der Waals surface area contributed by atoms with Gasteiger partial charge in [-0.1, -0.05) is 18.6 Å². The van der Waals surface area contributed by atoms with Crippen LogP contribution in [0.1, 0.15) is 49.3 Å². The maximum Gasteiger partial charge on any atom is 0.129 e. The van der Waals surface area contributed by atoms with E-state index in [9.17, 15) is 9.50 Å². The minimum Gasteiger partial charge on any atom is -0.389 e. The fourth-order valence-electron chi connectivity index (χ4n) is 1.88. The zero-order valence-corrected chi connectivity index (χ0v) is 8.33. The van der Waals surface area contributed by atoms with E-state index in [4.69, 9.17) is 0 Å². The Morgan fingerprint density at radius 3 is 2.64 bits per heavy atom. The Morgan fingerprint density at radius 2 is 2.14 bits per heavy atom. The Balaban J connectivity index is 2.30. The van der Waals surface area contributed by atoms with Gasteiger partial charge < -0.3 is 5.11 Å². The average molecular weight is 194 g/mol. The highest BCUT2D eigenvalue weighted by Crippen LogP contribution is 2.37. The molecule has 0 heterocycles. The lowest BCUT2D eigenvalue weighted by Crippen LogP contribution is -2.10. The zero-order chi connectivity index (χ0) is 10.1. The van der Waals surface area contributed by atoms with Crippen molar-refractivity contribution in [3.05, 3.63) is 35.1 Å². The molecule has 2 heteroatoms. The number of halogens is 1. The molecule has 1 fully saturated rings. The van der Waals surface area contributed by atoms with E-state index >= 15 is 0 Å². The molecule has 0 saturated heterocycles. The van der Waals surface area contributed by atoms with E-state index in [-0.39, 0.29) is 5.82 Å². The van der Waals surface area contributed by atoms with Crippen molar-refractivity contribution in [1.82, 2.24) is 0 Å². The van der Waals surface area contributed by atoms with Crippen molar-refractivity contribution < 1.29 is 9.50 Å². The molecule has 1 unspecified atom stereocenters. The Bertz CT molecular complexity index is 329. The molecule has 1 nitrogen and oxygen atoms in total. The van der Waals surface area contributed by atoms with Gasteiger partial charge in [-0.2, -0.15) is 0 Å². The van der Waals surface area contributed by atoms with E-state index in [1.807, 2.05) is 12.1 Å². The summed E-state index contributed by atoms with van der Waals surface area (Å²) >= 11 is 0. The van der Waals surface area contributed by atoms with Gasteiger partial charge in [-0.3, -0.25) is 0 Å². The molecule has 0 bridgehead atoms. The molecule has 0 spiro atoms. The van der Waals surface area contributed by atoms with Gasteiger partial charge in [-0.25, -0.2) is 4.39 Å². The third-order valence-corrected chi connectivity index (χ3v) is 3.05. The van der Waals surface area contributed by atoms with Crippen LogP contribution in [0, 0.1) is 5.82 Å². The third-order valence-electron chi connectivity index (χ3n) is 3.05. The summed E-state index contributed by atoms with van der Waals surface area (Å²) in [5, 5.41) is 9.36. The average Bonchev–Trinajstić information content (AvgIpc) is 2.04. The minimum absolute atomic E-state index is 0.303. The van der Waals surface area contributed by atoms with Crippen molar-refractivity contribution in [3.63, 3.8) is 0 Å². The van der Waals surface area contributed by atoms with E-state index in [0.29, 0.717) is 11.5 Å². The van der Waals surface area contributed by atoms with Crippen molar-refractivity contribution in [1.29, 1.82) is 0 Å². The van der Waals surface area contributed by atoms with Crippen molar-refractivity contribution >= 4 is 0 Å². The first kappa shape index (κ1) is 9.66. The van der Waals surface area contributed by atoms with Crippen LogP contribution in [0.3, 0.4) is 0 Å². The van der Waals surface area contributed by atoms with Gasteiger partial charge in [-0.15, -0.1) is 0 Å². The molecular formula is C12H15FO. The maximum absolute atomic E-state index is 13.2. The van der Waals surface area contributed by atoms with Gasteiger partial charge in [0.05, 0.1) is 6.10 Å². The summed E-state index contributed by atoms with van der Waals surface area (Å²) < 4.78 is 13.2. The minimum atomic E-state index is -0.713. The fraction of sp³-hybridized carbons (Fsp3) is 0.500. The molecule has 1 aliphatic rings. The Hall–Kier alpha value is -0.890. The molecule has 0 aromatic heterocycles. The molecule has 1 aromatic rings. The second kappa shape index (κ2) is 3.70. The number of aliphatic hydroxyl groups excluding tert-OH is 1. The van der Waals surface area contributed by atoms with Gasteiger partial charge >= 0.3 is 0 Å². The van der Waals surface area contributed by atoms with Crippen LogP contribution in [0.25, 0.3) is 0 Å². The Labute approximate surface area is 83.6 Å². The summed E-state index contributed by atoms with van der Waals surface area (Å²) in [7, 11) is 0. The first-order chi connectivity index (χ1) is 6.68. The molecule has 0 amide bonds. The van der Waals surface area contributed by atoms with Crippen LogP contribution in [0.2, 0.25) is 0 Å². The number of hydrogen-bond acceptors (Lipinski definition) is 1. The van der Waals surface area contributed by atoms with Crippen LogP contribution in [0.4, 0.5) is 4.39 Å². The number of aliphatic hydroxyl groups is 1. The molecule has 1 atom stereocenters. The van der Waals surface area contributed by atoms with Crippen LogP contribution in [0.5, 0.6) is 0 Å². The molecule has 0 radical (unpaired) electrons. The van der Waals surface area contributed by atoms with Crippen LogP contribution < -0.4 is 0 Å². The van der Waals surface area contributed by atoms with Crippen LogP contribution in [0.15, 0.2) is 18.2 Å². The number of hydrogen-bond donors (Lipinski definition) is 1. The SMILES string of the molecule is CC(O)c1cc(C2CCC2)ccc1F. The lowest BCUT2D eigenvalue weighted by molar-refractivity contribution is 0.194. The van der Waals surface area contributed by atoms with Crippen molar-refractivity contribution in [2.45, 2.75) is 38.2 Å². The second-order valence-corrected chi connectivity index (χ2v) is 4.08.